The van der Waals surface area contributed by atoms with Gasteiger partial charge in [-0.05, 0) is 24.6 Å². The van der Waals surface area contributed by atoms with Crippen molar-refractivity contribution in [3.8, 4) is 22.4 Å². The van der Waals surface area contributed by atoms with Crippen LogP contribution < -0.4 is 5.73 Å². The zero-order valence-corrected chi connectivity index (χ0v) is 12.0. The van der Waals surface area contributed by atoms with Crippen LogP contribution in [0.3, 0.4) is 0 Å². The van der Waals surface area contributed by atoms with Crippen LogP contribution in [-0.4, -0.2) is 5.16 Å². The smallest absolute Gasteiger partial charge is 0.230 e. The van der Waals surface area contributed by atoms with Gasteiger partial charge in [0.25, 0.3) is 0 Å². The van der Waals surface area contributed by atoms with Gasteiger partial charge >= 0.3 is 0 Å². The Bertz CT molecular complexity index is 776. The first-order valence-corrected chi connectivity index (χ1v) is 6.72. The molecule has 2 N–H and O–H groups in total. The van der Waals surface area contributed by atoms with Crippen LogP contribution in [0.15, 0.2) is 47.0 Å². The largest absolute Gasteiger partial charge is 0.367 e. The second-order valence-corrected chi connectivity index (χ2v) is 5.14. The minimum absolute atomic E-state index is 0.133. The first kappa shape index (κ1) is 13.6. The van der Waals surface area contributed by atoms with E-state index in [1.54, 1.807) is 6.07 Å². The molecule has 0 saturated heterocycles. The maximum absolute atomic E-state index is 14.1. The fourth-order valence-corrected chi connectivity index (χ4v) is 2.45. The number of aryl methyl sites for hydroxylation is 1. The molecule has 3 rings (SSSR count). The van der Waals surface area contributed by atoms with Gasteiger partial charge in [0, 0.05) is 0 Å². The fraction of sp³-hybridized carbons (Fsp3) is 0.0625. The molecule has 2 aromatic carbocycles. The number of aromatic nitrogens is 1. The normalized spacial score (nSPS) is 10.8. The lowest BCUT2D eigenvalue weighted by molar-refractivity contribution is 0.439. The van der Waals surface area contributed by atoms with Gasteiger partial charge in [0.2, 0.25) is 5.88 Å². The lowest BCUT2D eigenvalue weighted by atomic mass is 10.00. The monoisotopic (exact) mass is 302 g/mol. The van der Waals surface area contributed by atoms with Crippen LogP contribution in [-0.2, 0) is 0 Å². The topological polar surface area (TPSA) is 52.0 Å². The molecule has 1 heterocycles. The van der Waals surface area contributed by atoms with Crippen LogP contribution in [0, 0.1) is 12.7 Å². The van der Waals surface area contributed by atoms with Gasteiger partial charge in [0.1, 0.15) is 11.5 Å². The van der Waals surface area contributed by atoms with E-state index in [-0.39, 0.29) is 16.5 Å². The van der Waals surface area contributed by atoms with Gasteiger partial charge in [-0.2, -0.15) is 0 Å². The number of hydrogen-bond donors (Lipinski definition) is 1. The van der Waals surface area contributed by atoms with E-state index in [2.05, 4.69) is 5.16 Å². The number of nitrogens with zero attached hydrogens (tertiary/aromatic N) is 1. The number of nitrogens with two attached hydrogens (primary N) is 1. The highest BCUT2D eigenvalue weighted by molar-refractivity contribution is 6.33. The molecule has 5 heteroatoms. The third-order valence-corrected chi connectivity index (χ3v) is 3.57. The van der Waals surface area contributed by atoms with Gasteiger partial charge in [-0.25, -0.2) is 4.39 Å². The highest BCUT2D eigenvalue weighted by Crippen LogP contribution is 2.40. The maximum Gasteiger partial charge on any atom is 0.230 e. The zero-order chi connectivity index (χ0) is 15.0. The molecule has 1 aromatic heterocycles. The summed E-state index contributed by atoms with van der Waals surface area (Å²) < 4.78 is 19.1. The Kier molecular flexibility index (Phi) is 3.39. The van der Waals surface area contributed by atoms with Crippen molar-refractivity contribution in [2.24, 2.45) is 0 Å². The summed E-state index contributed by atoms with van der Waals surface area (Å²) in [5.74, 6) is -0.336. The van der Waals surface area contributed by atoms with E-state index in [9.17, 15) is 4.39 Å². The Morgan fingerprint density at radius 1 is 1.10 bits per heavy atom. The van der Waals surface area contributed by atoms with Gasteiger partial charge in [0.15, 0.2) is 0 Å². The maximum atomic E-state index is 14.1. The minimum atomic E-state index is -0.468. The summed E-state index contributed by atoms with van der Waals surface area (Å²) >= 11 is 6.10. The Morgan fingerprint density at radius 2 is 1.81 bits per heavy atom. The van der Waals surface area contributed by atoms with Crippen molar-refractivity contribution in [2.45, 2.75) is 6.92 Å². The average molecular weight is 303 g/mol. The molecule has 0 spiro atoms. The van der Waals surface area contributed by atoms with Gasteiger partial charge in [-0.15, -0.1) is 0 Å². The Labute approximate surface area is 126 Å². The molecule has 21 heavy (non-hydrogen) atoms. The zero-order valence-electron chi connectivity index (χ0n) is 11.2. The molecule has 106 valence electrons. The van der Waals surface area contributed by atoms with Crippen LogP contribution in [0.5, 0.6) is 0 Å². The predicted octanol–water partition coefficient (Wildman–Crippen LogP) is 4.69. The third-order valence-electron chi connectivity index (χ3n) is 3.26. The molecule has 0 atom stereocenters. The standard InChI is InChI=1S/C16H12ClFN2O/c1-9-5-7-10(8-6-9)13-15(20-21-16(13)19)14-11(17)3-2-4-12(14)18/h2-8H,19H2,1H3. The van der Waals surface area contributed by atoms with E-state index in [1.807, 2.05) is 31.2 Å². The number of anilines is 1. The fourth-order valence-electron chi connectivity index (χ4n) is 2.20. The quantitative estimate of drug-likeness (QED) is 0.747. The Hall–Kier alpha value is -2.33. The van der Waals surface area contributed by atoms with E-state index in [0.29, 0.717) is 11.3 Å². The summed E-state index contributed by atoms with van der Waals surface area (Å²) in [6, 6.07) is 12.1. The highest BCUT2D eigenvalue weighted by atomic mass is 35.5. The minimum Gasteiger partial charge on any atom is -0.367 e. The molecule has 0 aliphatic rings. The molecular weight excluding hydrogens is 291 g/mol. The Morgan fingerprint density at radius 3 is 2.48 bits per heavy atom. The van der Waals surface area contributed by atoms with Gasteiger partial charge in [-0.1, -0.05) is 52.7 Å². The SMILES string of the molecule is Cc1ccc(-c2c(-c3c(F)cccc3Cl)noc2N)cc1. The summed E-state index contributed by atoms with van der Waals surface area (Å²) in [6.07, 6.45) is 0. The number of benzene rings is 2. The first-order valence-electron chi connectivity index (χ1n) is 6.34. The molecular formula is C16H12ClFN2O. The van der Waals surface area contributed by atoms with Crippen molar-refractivity contribution < 1.29 is 8.91 Å². The average Bonchev–Trinajstić information content (AvgIpc) is 2.82. The van der Waals surface area contributed by atoms with Gasteiger partial charge in [0.05, 0.1) is 16.1 Å². The van der Waals surface area contributed by atoms with E-state index in [1.165, 1.54) is 12.1 Å². The molecule has 0 saturated carbocycles. The molecule has 0 unspecified atom stereocenters. The van der Waals surface area contributed by atoms with E-state index < -0.39 is 5.82 Å². The second-order valence-electron chi connectivity index (χ2n) is 4.73. The van der Waals surface area contributed by atoms with Crippen LogP contribution >= 0.6 is 11.6 Å². The van der Waals surface area contributed by atoms with Crippen molar-refractivity contribution in [3.63, 3.8) is 0 Å². The van der Waals surface area contributed by atoms with Gasteiger partial charge in [-0.3, -0.25) is 0 Å². The molecule has 3 aromatic rings. The lowest BCUT2D eigenvalue weighted by Crippen LogP contribution is -1.91. The number of rotatable bonds is 2. The second kappa shape index (κ2) is 5.22. The summed E-state index contributed by atoms with van der Waals surface area (Å²) in [7, 11) is 0. The van der Waals surface area contributed by atoms with Crippen LogP contribution in [0.1, 0.15) is 5.56 Å². The molecule has 0 aliphatic carbocycles. The Balaban J connectivity index is 2.24. The summed E-state index contributed by atoms with van der Waals surface area (Å²) in [4.78, 5) is 0. The van der Waals surface area contributed by atoms with Crippen molar-refractivity contribution in [2.75, 3.05) is 5.73 Å². The summed E-state index contributed by atoms with van der Waals surface area (Å²) in [5, 5.41) is 4.14. The molecule has 0 radical (unpaired) electrons. The molecule has 0 amide bonds. The predicted molar refractivity (Wildman–Crippen MR) is 81.5 cm³/mol. The van der Waals surface area contributed by atoms with Gasteiger partial charge < -0.3 is 10.3 Å². The van der Waals surface area contributed by atoms with Crippen molar-refractivity contribution in [3.05, 3.63) is 58.9 Å². The third kappa shape index (κ3) is 2.38. The molecule has 0 aliphatic heterocycles. The van der Waals surface area contributed by atoms with Crippen molar-refractivity contribution in [1.82, 2.24) is 5.16 Å². The summed E-state index contributed by atoms with van der Waals surface area (Å²) in [5.41, 5.74) is 8.80. The first-order chi connectivity index (χ1) is 10.1. The number of hydrogen-bond acceptors (Lipinski definition) is 3. The van der Waals surface area contributed by atoms with Crippen LogP contribution in [0.2, 0.25) is 5.02 Å². The molecule has 3 nitrogen and oxygen atoms in total. The highest BCUT2D eigenvalue weighted by Gasteiger charge is 2.22. The molecule has 0 fully saturated rings. The van der Waals surface area contributed by atoms with Crippen molar-refractivity contribution in [1.29, 1.82) is 0 Å². The van der Waals surface area contributed by atoms with E-state index in [0.717, 1.165) is 11.1 Å². The summed E-state index contributed by atoms with van der Waals surface area (Å²) in [6.45, 7) is 1.98. The number of halogens is 2. The van der Waals surface area contributed by atoms with Crippen LogP contribution in [0.25, 0.3) is 22.4 Å². The van der Waals surface area contributed by atoms with Crippen LogP contribution in [0.4, 0.5) is 10.3 Å². The lowest BCUT2D eigenvalue weighted by Gasteiger charge is -2.06. The van der Waals surface area contributed by atoms with Crippen molar-refractivity contribution >= 4 is 17.5 Å². The van der Waals surface area contributed by atoms with E-state index >= 15 is 0 Å². The number of nitrogen functional groups attached to an aromatic ring is 1. The molecule has 0 bridgehead atoms. The van der Waals surface area contributed by atoms with E-state index in [4.69, 9.17) is 21.9 Å².